The van der Waals surface area contributed by atoms with E-state index in [1.165, 1.54) is 13.2 Å². The van der Waals surface area contributed by atoms with Gasteiger partial charge < -0.3 is 14.8 Å². The van der Waals surface area contributed by atoms with Gasteiger partial charge in [-0.2, -0.15) is 0 Å². The summed E-state index contributed by atoms with van der Waals surface area (Å²) in [6, 6.07) is 3.12. The molecule has 0 spiro atoms. The van der Waals surface area contributed by atoms with E-state index < -0.39 is 0 Å². The van der Waals surface area contributed by atoms with Gasteiger partial charge in [0.05, 0.1) is 25.7 Å². The van der Waals surface area contributed by atoms with Crippen LogP contribution in [-0.4, -0.2) is 32.0 Å². The summed E-state index contributed by atoms with van der Waals surface area (Å²) in [5.74, 6) is 0.550. The van der Waals surface area contributed by atoms with E-state index in [4.69, 9.17) is 21.1 Å². The van der Waals surface area contributed by atoms with Crippen molar-refractivity contribution in [3.8, 4) is 11.5 Å². The number of hydrogen-bond donors (Lipinski definition) is 1. The molecule has 0 aliphatic heterocycles. The minimum atomic E-state index is -0.111. The van der Waals surface area contributed by atoms with Crippen molar-refractivity contribution in [2.75, 3.05) is 13.7 Å². The van der Waals surface area contributed by atoms with Crippen molar-refractivity contribution < 1.29 is 19.1 Å². The first kappa shape index (κ1) is 16.3. The second-order valence-electron chi connectivity index (χ2n) is 4.46. The van der Waals surface area contributed by atoms with E-state index in [9.17, 15) is 9.59 Å². The summed E-state index contributed by atoms with van der Waals surface area (Å²) in [4.78, 5) is 22.5. The van der Waals surface area contributed by atoms with Crippen LogP contribution < -0.4 is 14.8 Å². The normalized spacial score (nSPS) is 10.2. The van der Waals surface area contributed by atoms with E-state index in [-0.39, 0.29) is 25.0 Å². The zero-order chi connectivity index (χ0) is 15.1. The molecule has 1 rings (SSSR count). The van der Waals surface area contributed by atoms with Crippen molar-refractivity contribution in [1.29, 1.82) is 0 Å². The Labute approximate surface area is 123 Å². The molecule has 0 saturated heterocycles. The van der Waals surface area contributed by atoms with Gasteiger partial charge in [0.15, 0.2) is 17.8 Å². The maximum Gasteiger partial charge on any atom is 0.223 e. The summed E-state index contributed by atoms with van der Waals surface area (Å²) in [7, 11) is 1.46. The lowest BCUT2D eigenvalue weighted by Crippen LogP contribution is -2.31. The molecule has 0 heterocycles. The molecule has 1 N–H and O–H groups in total. The molecule has 0 aromatic heterocycles. The Morgan fingerprint density at radius 2 is 2.15 bits per heavy atom. The highest BCUT2D eigenvalue weighted by Gasteiger charge is 2.13. The number of carbonyl (C=O) groups excluding carboxylic acids is 2. The second kappa shape index (κ2) is 7.75. The number of aldehydes is 1. The average molecular weight is 300 g/mol. The predicted octanol–water partition coefficient (Wildman–Crippen LogP) is 2.45. The molecule has 110 valence electrons. The topological polar surface area (TPSA) is 64.6 Å². The van der Waals surface area contributed by atoms with Crippen LogP contribution in [0.25, 0.3) is 0 Å². The minimum Gasteiger partial charge on any atom is -0.493 e. The zero-order valence-corrected chi connectivity index (χ0v) is 12.5. The van der Waals surface area contributed by atoms with E-state index in [2.05, 4.69) is 5.32 Å². The summed E-state index contributed by atoms with van der Waals surface area (Å²) in [5, 5.41) is 3.14. The van der Waals surface area contributed by atoms with Crippen molar-refractivity contribution in [1.82, 2.24) is 5.32 Å². The number of rotatable bonds is 7. The molecule has 6 heteroatoms. The van der Waals surface area contributed by atoms with Crippen LogP contribution in [0.4, 0.5) is 0 Å². The molecule has 0 aliphatic carbocycles. The SMILES string of the molecule is COc1cc(Cl)cc(C=O)c1OCCC(=O)NC(C)C. The highest BCUT2D eigenvalue weighted by atomic mass is 35.5. The van der Waals surface area contributed by atoms with Gasteiger partial charge >= 0.3 is 0 Å². The van der Waals surface area contributed by atoms with Gasteiger partial charge in [-0.3, -0.25) is 9.59 Å². The summed E-state index contributed by atoms with van der Waals surface area (Å²) in [6.45, 7) is 3.91. The van der Waals surface area contributed by atoms with Crippen molar-refractivity contribution in [2.24, 2.45) is 0 Å². The van der Waals surface area contributed by atoms with E-state index in [1.54, 1.807) is 6.07 Å². The van der Waals surface area contributed by atoms with E-state index in [1.807, 2.05) is 13.8 Å². The third-order valence-electron chi connectivity index (χ3n) is 2.42. The molecule has 0 fully saturated rings. The molecule has 1 amide bonds. The monoisotopic (exact) mass is 299 g/mol. The van der Waals surface area contributed by atoms with Crippen molar-refractivity contribution in [3.63, 3.8) is 0 Å². The van der Waals surface area contributed by atoms with Gasteiger partial charge in [0.2, 0.25) is 5.91 Å². The lowest BCUT2D eigenvalue weighted by molar-refractivity contribution is -0.122. The fraction of sp³-hybridized carbons (Fsp3) is 0.429. The Morgan fingerprint density at radius 3 is 2.70 bits per heavy atom. The van der Waals surface area contributed by atoms with E-state index >= 15 is 0 Å². The summed E-state index contributed by atoms with van der Waals surface area (Å²) >= 11 is 5.86. The van der Waals surface area contributed by atoms with Crippen LogP contribution in [0.2, 0.25) is 5.02 Å². The maximum absolute atomic E-state index is 11.5. The average Bonchev–Trinajstić information content (AvgIpc) is 2.38. The molecule has 0 radical (unpaired) electrons. The standard InChI is InChI=1S/C14H18ClNO4/c1-9(2)16-13(18)4-5-20-14-10(8-17)6-11(15)7-12(14)19-3/h6-9H,4-5H2,1-3H3,(H,16,18). The highest BCUT2D eigenvalue weighted by molar-refractivity contribution is 6.31. The number of ether oxygens (including phenoxy) is 2. The lowest BCUT2D eigenvalue weighted by atomic mass is 10.2. The number of carbonyl (C=O) groups is 2. The summed E-state index contributed by atoms with van der Waals surface area (Å²) in [6.07, 6.45) is 0.834. The van der Waals surface area contributed by atoms with Gasteiger partial charge in [-0.1, -0.05) is 11.6 Å². The molecule has 0 bridgehead atoms. The maximum atomic E-state index is 11.5. The number of halogens is 1. The molecule has 1 aromatic carbocycles. The number of hydrogen-bond acceptors (Lipinski definition) is 4. The molecular formula is C14H18ClNO4. The first-order valence-corrected chi connectivity index (χ1v) is 6.60. The summed E-state index contributed by atoms with van der Waals surface area (Å²) in [5.41, 5.74) is 0.290. The highest BCUT2D eigenvalue weighted by Crippen LogP contribution is 2.33. The first-order valence-electron chi connectivity index (χ1n) is 6.22. The Morgan fingerprint density at radius 1 is 1.45 bits per heavy atom. The van der Waals surface area contributed by atoms with Crippen LogP contribution in [0.5, 0.6) is 11.5 Å². The molecule has 20 heavy (non-hydrogen) atoms. The molecule has 0 saturated carbocycles. The Balaban J connectivity index is 2.72. The van der Waals surface area contributed by atoms with Gasteiger partial charge in [0, 0.05) is 17.1 Å². The second-order valence-corrected chi connectivity index (χ2v) is 4.90. The number of methoxy groups -OCH3 is 1. The first-order chi connectivity index (χ1) is 9.47. The predicted molar refractivity (Wildman–Crippen MR) is 76.8 cm³/mol. The molecular weight excluding hydrogens is 282 g/mol. The number of benzene rings is 1. The van der Waals surface area contributed by atoms with E-state index in [0.717, 1.165) is 0 Å². The Kier molecular flexibility index (Phi) is 6.31. The smallest absolute Gasteiger partial charge is 0.223 e. The van der Waals surface area contributed by atoms with Gasteiger partial charge in [-0.25, -0.2) is 0 Å². The number of amides is 1. The van der Waals surface area contributed by atoms with Gasteiger partial charge in [0.1, 0.15) is 0 Å². The van der Waals surface area contributed by atoms with Crippen LogP contribution >= 0.6 is 11.6 Å². The quantitative estimate of drug-likeness (QED) is 0.786. The molecule has 0 atom stereocenters. The van der Waals surface area contributed by atoms with Crippen molar-refractivity contribution >= 4 is 23.8 Å². The van der Waals surface area contributed by atoms with Crippen LogP contribution in [-0.2, 0) is 4.79 Å². The molecule has 1 aromatic rings. The minimum absolute atomic E-state index is 0.0816. The Bertz CT molecular complexity index is 488. The zero-order valence-electron chi connectivity index (χ0n) is 11.7. The fourth-order valence-corrected chi connectivity index (χ4v) is 1.84. The third kappa shape index (κ3) is 4.74. The van der Waals surface area contributed by atoms with Crippen molar-refractivity contribution in [2.45, 2.75) is 26.3 Å². The van der Waals surface area contributed by atoms with Crippen molar-refractivity contribution in [3.05, 3.63) is 22.7 Å². The summed E-state index contributed by atoms with van der Waals surface area (Å²) < 4.78 is 10.6. The molecule has 0 unspecified atom stereocenters. The third-order valence-corrected chi connectivity index (χ3v) is 2.64. The largest absolute Gasteiger partial charge is 0.493 e. The van der Waals surface area contributed by atoms with Crippen LogP contribution in [0.1, 0.15) is 30.6 Å². The van der Waals surface area contributed by atoms with Gasteiger partial charge in [-0.15, -0.1) is 0 Å². The molecule has 0 aliphatic rings. The van der Waals surface area contributed by atoms with Crippen LogP contribution in [0, 0.1) is 0 Å². The van der Waals surface area contributed by atoms with Gasteiger partial charge in [-0.05, 0) is 19.9 Å². The van der Waals surface area contributed by atoms with Crippen LogP contribution in [0.15, 0.2) is 12.1 Å². The lowest BCUT2D eigenvalue weighted by Gasteiger charge is -2.13. The Hall–Kier alpha value is -1.75. The fourth-order valence-electron chi connectivity index (χ4n) is 1.62. The van der Waals surface area contributed by atoms with Gasteiger partial charge in [0.25, 0.3) is 0 Å². The number of nitrogens with one attached hydrogen (secondary N) is 1. The van der Waals surface area contributed by atoms with Crippen LogP contribution in [0.3, 0.4) is 0 Å². The molecule has 5 nitrogen and oxygen atoms in total. The van der Waals surface area contributed by atoms with E-state index in [0.29, 0.717) is 28.4 Å².